The van der Waals surface area contributed by atoms with Gasteiger partial charge in [-0.1, -0.05) is 19.3 Å². The van der Waals surface area contributed by atoms with Crippen LogP contribution in [0.1, 0.15) is 42.8 Å². The van der Waals surface area contributed by atoms with Gasteiger partial charge in [0, 0.05) is 51.1 Å². The van der Waals surface area contributed by atoms with Gasteiger partial charge in [-0.05, 0) is 19.8 Å². The molecule has 0 aromatic carbocycles. The fraction of sp³-hybridized carbons (Fsp3) is 0.800. The number of nitrogens with zero attached hydrogens (tertiary/aromatic N) is 4. The van der Waals surface area contributed by atoms with Crippen LogP contribution in [0, 0.1) is 12.3 Å². The SMILES string of the molecule is CN=C(NCC1(CN2CCOCC2)CCCCC1)N(C)Cc1csc(C)n1. The predicted octanol–water partition coefficient (Wildman–Crippen LogP) is 2.74. The Morgan fingerprint density at radius 3 is 2.70 bits per heavy atom. The Kier molecular flexibility index (Phi) is 7.49. The molecule has 0 amide bonds. The van der Waals surface area contributed by atoms with Crippen molar-refractivity contribution in [1.82, 2.24) is 20.1 Å². The molecule has 1 N–H and O–H groups in total. The number of rotatable bonds is 6. The van der Waals surface area contributed by atoms with E-state index < -0.39 is 0 Å². The van der Waals surface area contributed by atoms with Gasteiger partial charge in [-0.2, -0.15) is 0 Å². The van der Waals surface area contributed by atoms with Gasteiger partial charge >= 0.3 is 0 Å². The second-order valence-electron chi connectivity index (χ2n) is 8.06. The number of hydrogen-bond acceptors (Lipinski definition) is 5. The van der Waals surface area contributed by atoms with E-state index in [9.17, 15) is 0 Å². The number of thiazole rings is 1. The lowest BCUT2D eigenvalue weighted by molar-refractivity contribution is 0.00810. The van der Waals surface area contributed by atoms with Gasteiger partial charge in [0.25, 0.3) is 0 Å². The molecule has 1 aliphatic carbocycles. The van der Waals surface area contributed by atoms with Crippen LogP contribution >= 0.6 is 11.3 Å². The summed E-state index contributed by atoms with van der Waals surface area (Å²) in [7, 11) is 3.97. The molecule has 1 saturated heterocycles. The summed E-state index contributed by atoms with van der Waals surface area (Å²) in [5.74, 6) is 0.965. The Balaban J connectivity index is 1.58. The van der Waals surface area contributed by atoms with E-state index in [1.165, 1.54) is 38.6 Å². The van der Waals surface area contributed by atoms with Crippen LogP contribution < -0.4 is 5.32 Å². The van der Waals surface area contributed by atoms with E-state index in [4.69, 9.17) is 4.74 Å². The van der Waals surface area contributed by atoms with E-state index in [-0.39, 0.29) is 0 Å². The molecule has 0 atom stereocenters. The van der Waals surface area contributed by atoms with Crippen LogP contribution in [-0.4, -0.2) is 74.2 Å². The maximum absolute atomic E-state index is 5.54. The molecule has 7 heteroatoms. The minimum Gasteiger partial charge on any atom is -0.379 e. The first-order chi connectivity index (χ1) is 13.1. The van der Waals surface area contributed by atoms with E-state index in [2.05, 4.69) is 44.4 Å². The van der Waals surface area contributed by atoms with Crippen molar-refractivity contribution in [2.24, 2.45) is 10.4 Å². The third kappa shape index (κ3) is 5.90. The van der Waals surface area contributed by atoms with Crippen LogP contribution in [0.25, 0.3) is 0 Å². The molecule has 0 bridgehead atoms. The fourth-order valence-corrected chi connectivity index (χ4v) is 4.98. The lowest BCUT2D eigenvalue weighted by Gasteiger charge is -2.43. The van der Waals surface area contributed by atoms with Crippen molar-refractivity contribution in [3.8, 4) is 0 Å². The Morgan fingerprint density at radius 1 is 1.33 bits per heavy atom. The number of aryl methyl sites for hydroxylation is 1. The lowest BCUT2D eigenvalue weighted by Crippen LogP contribution is -2.51. The summed E-state index contributed by atoms with van der Waals surface area (Å²) in [5, 5.41) is 6.95. The highest BCUT2D eigenvalue weighted by Gasteiger charge is 2.34. The zero-order valence-electron chi connectivity index (χ0n) is 17.2. The summed E-state index contributed by atoms with van der Waals surface area (Å²) in [5.41, 5.74) is 1.47. The van der Waals surface area contributed by atoms with Gasteiger partial charge in [0.1, 0.15) is 0 Å². The molecule has 3 rings (SSSR count). The zero-order valence-corrected chi connectivity index (χ0v) is 18.0. The van der Waals surface area contributed by atoms with E-state index in [0.29, 0.717) is 5.41 Å². The molecule has 0 unspecified atom stereocenters. The van der Waals surface area contributed by atoms with Crippen LogP contribution in [0.15, 0.2) is 10.4 Å². The van der Waals surface area contributed by atoms with Crippen molar-refractivity contribution < 1.29 is 4.74 Å². The molecular formula is C20H35N5OS. The Bertz CT molecular complexity index is 605. The number of guanidine groups is 1. The molecule has 27 heavy (non-hydrogen) atoms. The van der Waals surface area contributed by atoms with Crippen molar-refractivity contribution >= 4 is 17.3 Å². The summed E-state index contributed by atoms with van der Waals surface area (Å²) >= 11 is 1.71. The average Bonchev–Trinajstić information content (AvgIpc) is 3.08. The van der Waals surface area contributed by atoms with Crippen molar-refractivity contribution in [1.29, 1.82) is 0 Å². The largest absolute Gasteiger partial charge is 0.379 e. The smallest absolute Gasteiger partial charge is 0.193 e. The number of nitrogens with one attached hydrogen (secondary N) is 1. The molecular weight excluding hydrogens is 358 g/mol. The normalized spacial score (nSPS) is 21.2. The van der Waals surface area contributed by atoms with Crippen molar-refractivity contribution in [3.63, 3.8) is 0 Å². The molecule has 1 aromatic rings. The standard InChI is InChI=1S/C20H35N5OS/c1-17-23-18(14-27-17)13-24(3)19(21-2)22-15-20(7-5-4-6-8-20)16-25-9-11-26-12-10-25/h14H,4-13,15-16H2,1-3H3,(H,21,22). The van der Waals surface area contributed by atoms with Gasteiger partial charge in [-0.25, -0.2) is 4.98 Å². The second-order valence-corrected chi connectivity index (χ2v) is 9.13. The maximum atomic E-state index is 5.54. The number of aromatic nitrogens is 1. The molecule has 2 heterocycles. The molecule has 6 nitrogen and oxygen atoms in total. The summed E-state index contributed by atoms with van der Waals surface area (Å²) in [6.07, 6.45) is 6.69. The molecule has 2 fully saturated rings. The first-order valence-electron chi connectivity index (χ1n) is 10.2. The Morgan fingerprint density at radius 2 is 2.07 bits per heavy atom. The lowest BCUT2D eigenvalue weighted by atomic mass is 9.73. The van der Waals surface area contributed by atoms with Gasteiger partial charge in [-0.3, -0.25) is 9.89 Å². The topological polar surface area (TPSA) is 53.0 Å². The highest BCUT2D eigenvalue weighted by molar-refractivity contribution is 7.09. The Hall–Kier alpha value is -1.18. The minimum absolute atomic E-state index is 0.351. The van der Waals surface area contributed by atoms with Gasteiger partial charge < -0.3 is 15.0 Å². The van der Waals surface area contributed by atoms with Crippen molar-refractivity contribution in [2.75, 3.05) is 53.5 Å². The summed E-state index contributed by atoms with van der Waals surface area (Å²) in [6.45, 7) is 8.91. The van der Waals surface area contributed by atoms with Crippen LogP contribution in [0.3, 0.4) is 0 Å². The van der Waals surface area contributed by atoms with Crippen LogP contribution in [0.5, 0.6) is 0 Å². The highest BCUT2D eigenvalue weighted by Crippen LogP contribution is 2.36. The minimum atomic E-state index is 0.351. The number of aliphatic imine (C=N–C) groups is 1. The third-order valence-corrected chi connectivity index (χ3v) is 6.66. The van der Waals surface area contributed by atoms with Crippen LogP contribution in [0.4, 0.5) is 0 Å². The Labute approximate surface area is 168 Å². The maximum Gasteiger partial charge on any atom is 0.193 e. The monoisotopic (exact) mass is 393 g/mol. The fourth-order valence-electron chi connectivity index (χ4n) is 4.38. The van der Waals surface area contributed by atoms with Crippen molar-refractivity contribution in [2.45, 2.75) is 45.6 Å². The molecule has 152 valence electrons. The molecule has 0 spiro atoms. The van der Waals surface area contributed by atoms with Gasteiger partial charge in [0.2, 0.25) is 0 Å². The van der Waals surface area contributed by atoms with E-state index in [1.54, 1.807) is 11.3 Å². The quantitative estimate of drug-likeness (QED) is 0.595. The van der Waals surface area contributed by atoms with Crippen LogP contribution in [0.2, 0.25) is 0 Å². The number of morpholine rings is 1. The second kappa shape index (κ2) is 9.85. The van der Waals surface area contributed by atoms with Gasteiger partial charge in [-0.15, -0.1) is 11.3 Å². The van der Waals surface area contributed by atoms with Gasteiger partial charge in [0.15, 0.2) is 5.96 Å². The zero-order chi connectivity index (χ0) is 19.1. The third-order valence-electron chi connectivity index (χ3n) is 5.84. The molecule has 2 aliphatic rings. The van der Waals surface area contributed by atoms with E-state index >= 15 is 0 Å². The summed E-state index contributed by atoms with van der Waals surface area (Å²) in [6, 6.07) is 0. The number of hydrogen-bond donors (Lipinski definition) is 1. The summed E-state index contributed by atoms with van der Waals surface area (Å²) < 4.78 is 5.54. The molecule has 1 aromatic heterocycles. The van der Waals surface area contributed by atoms with Crippen molar-refractivity contribution in [3.05, 3.63) is 16.1 Å². The van der Waals surface area contributed by atoms with E-state index in [1.807, 2.05) is 7.05 Å². The average molecular weight is 394 g/mol. The van der Waals surface area contributed by atoms with E-state index in [0.717, 1.165) is 56.1 Å². The van der Waals surface area contributed by atoms with Gasteiger partial charge in [0.05, 0.1) is 30.5 Å². The predicted molar refractivity (Wildman–Crippen MR) is 112 cm³/mol. The molecule has 1 aliphatic heterocycles. The number of ether oxygens (including phenoxy) is 1. The summed E-state index contributed by atoms with van der Waals surface area (Å²) in [4.78, 5) is 13.9. The first-order valence-corrected chi connectivity index (χ1v) is 11.1. The molecule has 0 radical (unpaired) electrons. The first kappa shape index (κ1) is 20.6. The van der Waals surface area contributed by atoms with Crippen LogP contribution in [-0.2, 0) is 11.3 Å². The highest BCUT2D eigenvalue weighted by atomic mass is 32.1. The molecule has 1 saturated carbocycles.